The van der Waals surface area contributed by atoms with Gasteiger partial charge < -0.3 is 14.6 Å². The molecule has 0 spiro atoms. The molecule has 110 valence electrons. The first-order valence-electron chi connectivity index (χ1n) is 6.70. The van der Waals surface area contributed by atoms with E-state index in [0.29, 0.717) is 12.4 Å². The minimum Gasteiger partial charge on any atom is -0.504 e. The van der Waals surface area contributed by atoms with Gasteiger partial charge in [-0.05, 0) is 44.4 Å². The van der Waals surface area contributed by atoms with Gasteiger partial charge in [0.25, 0.3) is 0 Å². The van der Waals surface area contributed by atoms with Crippen LogP contribution in [0.15, 0.2) is 29.8 Å². The highest BCUT2D eigenvalue weighted by Crippen LogP contribution is 2.26. The molecule has 0 atom stereocenters. The lowest BCUT2D eigenvalue weighted by Crippen LogP contribution is -2.09. The van der Waals surface area contributed by atoms with Crippen LogP contribution in [-0.4, -0.2) is 24.8 Å². The number of carbonyl (C=O) groups excluding carboxylic acids is 1. The fourth-order valence-corrected chi connectivity index (χ4v) is 1.73. The molecule has 0 saturated carbocycles. The topological polar surface area (TPSA) is 55.8 Å². The van der Waals surface area contributed by atoms with E-state index in [4.69, 9.17) is 9.47 Å². The lowest BCUT2D eigenvalue weighted by Gasteiger charge is -2.07. The van der Waals surface area contributed by atoms with Gasteiger partial charge in [-0.15, -0.1) is 0 Å². The smallest absolute Gasteiger partial charge is 0.310 e. The van der Waals surface area contributed by atoms with Gasteiger partial charge in [-0.2, -0.15) is 0 Å². The lowest BCUT2D eigenvalue weighted by molar-refractivity contribution is -0.142. The van der Waals surface area contributed by atoms with Crippen LogP contribution in [0.2, 0.25) is 0 Å². The fraction of sp³-hybridized carbons (Fsp3) is 0.438. The Kier molecular flexibility index (Phi) is 6.64. The van der Waals surface area contributed by atoms with E-state index in [-0.39, 0.29) is 18.1 Å². The third-order valence-electron chi connectivity index (χ3n) is 3.06. The molecule has 20 heavy (non-hydrogen) atoms. The van der Waals surface area contributed by atoms with E-state index in [1.807, 2.05) is 6.92 Å². The molecule has 0 aliphatic carbocycles. The fourth-order valence-electron chi connectivity index (χ4n) is 1.73. The number of phenolic OH excluding ortho intramolecular Hbond substituents is 1. The molecule has 1 N–H and O–H groups in total. The molecule has 0 aromatic heterocycles. The summed E-state index contributed by atoms with van der Waals surface area (Å²) >= 11 is 0. The first-order valence-corrected chi connectivity index (χ1v) is 6.70. The van der Waals surface area contributed by atoms with Crippen molar-refractivity contribution < 1.29 is 19.4 Å². The van der Waals surface area contributed by atoms with E-state index in [9.17, 15) is 9.90 Å². The second kappa shape index (κ2) is 8.25. The van der Waals surface area contributed by atoms with Gasteiger partial charge in [-0.25, -0.2) is 0 Å². The van der Waals surface area contributed by atoms with Crippen molar-refractivity contribution in [2.75, 3.05) is 13.7 Å². The van der Waals surface area contributed by atoms with Crippen molar-refractivity contribution in [2.24, 2.45) is 0 Å². The number of hydrogen-bond donors (Lipinski definition) is 1. The summed E-state index contributed by atoms with van der Waals surface area (Å²) in [7, 11) is 1.47. The van der Waals surface area contributed by atoms with Crippen molar-refractivity contribution in [3.05, 3.63) is 35.4 Å². The molecule has 4 heteroatoms. The molecule has 0 bridgehead atoms. The normalized spacial score (nSPS) is 11.2. The molecular formula is C16H22O4. The lowest BCUT2D eigenvalue weighted by atomic mass is 10.1. The van der Waals surface area contributed by atoms with Crippen LogP contribution in [0.3, 0.4) is 0 Å². The predicted octanol–water partition coefficient (Wildman–Crippen LogP) is 3.23. The van der Waals surface area contributed by atoms with E-state index >= 15 is 0 Å². The predicted molar refractivity (Wildman–Crippen MR) is 78.0 cm³/mol. The SMILES string of the molecule is C/C=C(\C)CCCOC(=O)Cc1ccc(O)c(OC)c1. The van der Waals surface area contributed by atoms with Crippen molar-refractivity contribution in [2.45, 2.75) is 33.1 Å². The maximum atomic E-state index is 11.7. The second-order valence-corrected chi connectivity index (χ2v) is 4.64. The third kappa shape index (κ3) is 5.34. The molecule has 0 heterocycles. The maximum absolute atomic E-state index is 11.7. The number of rotatable bonds is 7. The second-order valence-electron chi connectivity index (χ2n) is 4.64. The minimum atomic E-state index is -0.268. The Morgan fingerprint density at radius 1 is 1.40 bits per heavy atom. The van der Waals surface area contributed by atoms with Gasteiger partial charge in [0.05, 0.1) is 20.1 Å². The zero-order valence-corrected chi connectivity index (χ0v) is 12.3. The molecule has 0 aliphatic heterocycles. The van der Waals surface area contributed by atoms with Crippen molar-refractivity contribution in [3.8, 4) is 11.5 Å². The van der Waals surface area contributed by atoms with Crippen LogP contribution < -0.4 is 4.74 Å². The summed E-state index contributed by atoms with van der Waals surface area (Å²) < 4.78 is 10.2. The number of ether oxygens (including phenoxy) is 2. The average Bonchev–Trinajstić information content (AvgIpc) is 2.45. The van der Waals surface area contributed by atoms with Gasteiger partial charge in [0.15, 0.2) is 11.5 Å². The van der Waals surface area contributed by atoms with Crippen LogP contribution in [-0.2, 0) is 16.0 Å². The number of methoxy groups -OCH3 is 1. The molecule has 4 nitrogen and oxygen atoms in total. The summed E-state index contributed by atoms with van der Waals surface area (Å²) in [6, 6.07) is 4.83. The van der Waals surface area contributed by atoms with Crippen molar-refractivity contribution in [1.29, 1.82) is 0 Å². The van der Waals surface area contributed by atoms with Gasteiger partial charge in [0.2, 0.25) is 0 Å². The first kappa shape index (κ1) is 16.1. The highest BCUT2D eigenvalue weighted by Gasteiger charge is 2.08. The third-order valence-corrected chi connectivity index (χ3v) is 3.06. The Labute approximate surface area is 120 Å². The van der Waals surface area contributed by atoms with Gasteiger partial charge >= 0.3 is 5.97 Å². The number of carbonyl (C=O) groups is 1. The van der Waals surface area contributed by atoms with Crippen LogP contribution >= 0.6 is 0 Å². The van der Waals surface area contributed by atoms with E-state index in [1.165, 1.54) is 18.7 Å². The Hall–Kier alpha value is -1.97. The molecule has 0 fully saturated rings. The average molecular weight is 278 g/mol. The summed E-state index contributed by atoms with van der Waals surface area (Å²) in [5, 5.41) is 9.47. The number of esters is 1. The number of phenols is 1. The van der Waals surface area contributed by atoms with E-state index in [0.717, 1.165) is 18.4 Å². The molecule has 1 aromatic carbocycles. The van der Waals surface area contributed by atoms with Gasteiger partial charge in [-0.3, -0.25) is 4.79 Å². The molecular weight excluding hydrogens is 256 g/mol. The van der Waals surface area contributed by atoms with Crippen LogP contribution in [0.1, 0.15) is 32.3 Å². The Balaban J connectivity index is 2.39. The van der Waals surface area contributed by atoms with E-state index < -0.39 is 0 Å². The molecule has 0 aliphatic rings. The Morgan fingerprint density at radius 3 is 2.80 bits per heavy atom. The summed E-state index contributed by atoms with van der Waals surface area (Å²) in [4.78, 5) is 11.7. The summed E-state index contributed by atoms with van der Waals surface area (Å²) in [6.07, 6.45) is 4.02. The zero-order chi connectivity index (χ0) is 15.0. The minimum absolute atomic E-state index is 0.0615. The van der Waals surface area contributed by atoms with Crippen molar-refractivity contribution in [1.82, 2.24) is 0 Å². The number of allylic oxidation sites excluding steroid dienone is 2. The van der Waals surface area contributed by atoms with Crippen molar-refractivity contribution >= 4 is 5.97 Å². The van der Waals surface area contributed by atoms with Gasteiger partial charge in [-0.1, -0.05) is 17.7 Å². The molecule has 0 radical (unpaired) electrons. The zero-order valence-electron chi connectivity index (χ0n) is 12.3. The molecule has 0 amide bonds. The number of hydrogen-bond acceptors (Lipinski definition) is 4. The monoisotopic (exact) mass is 278 g/mol. The van der Waals surface area contributed by atoms with E-state index in [2.05, 4.69) is 13.0 Å². The summed E-state index contributed by atoms with van der Waals surface area (Å²) in [5.41, 5.74) is 2.05. The number of benzene rings is 1. The Morgan fingerprint density at radius 2 is 2.15 bits per heavy atom. The summed E-state index contributed by atoms with van der Waals surface area (Å²) in [6.45, 7) is 4.49. The van der Waals surface area contributed by atoms with Crippen LogP contribution in [0.25, 0.3) is 0 Å². The first-order chi connectivity index (χ1) is 9.56. The van der Waals surface area contributed by atoms with Crippen LogP contribution in [0.5, 0.6) is 11.5 Å². The summed E-state index contributed by atoms with van der Waals surface area (Å²) in [5.74, 6) is 0.154. The maximum Gasteiger partial charge on any atom is 0.310 e. The molecule has 1 rings (SSSR count). The van der Waals surface area contributed by atoms with Crippen molar-refractivity contribution in [3.63, 3.8) is 0 Å². The highest BCUT2D eigenvalue weighted by atomic mass is 16.5. The molecule has 0 unspecified atom stereocenters. The van der Waals surface area contributed by atoms with Gasteiger partial charge in [0, 0.05) is 0 Å². The molecule has 0 saturated heterocycles. The highest BCUT2D eigenvalue weighted by molar-refractivity contribution is 5.72. The Bertz CT molecular complexity index is 477. The number of aromatic hydroxyl groups is 1. The molecule has 1 aromatic rings. The van der Waals surface area contributed by atoms with E-state index in [1.54, 1.807) is 12.1 Å². The van der Waals surface area contributed by atoms with Crippen LogP contribution in [0, 0.1) is 0 Å². The quantitative estimate of drug-likeness (QED) is 0.472. The standard InChI is InChI=1S/C16H22O4/c1-4-12(2)6-5-9-20-16(18)11-13-7-8-14(17)15(10-13)19-3/h4,7-8,10,17H,5-6,9,11H2,1-3H3/b12-4+. The van der Waals surface area contributed by atoms with Crippen LogP contribution in [0.4, 0.5) is 0 Å². The van der Waals surface area contributed by atoms with Gasteiger partial charge in [0.1, 0.15) is 0 Å². The largest absolute Gasteiger partial charge is 0.504 e.